The van der Waals surface area contributed by atoms with Gasteiger partial charge in [-0.25, -0.2) is 0 Å². The number of aryl methyl sites for hydroxylation is 2. The Bertz CT molecular complexity index is 847. The number of hydrogen-bond donors (Lipinski definition) is 1. The molecule has 2 amide bonds. The summed E-state index contributed by atoms with van der Waals surface area (Å²) in [6, 6.07) is 3.72. The van der Waals surface area contributed by atoms with Gasteiger partial charge in [0.25, 0.3) is 5.91 Å². The van der Waals surface area contributed by atoms with E-state index in [2.05, 4.69) is 10.4 Å². The zero-order valence-electron chi connectivity index (χ0n) is 15.2. The highest BCUT2D eigenvalue weighted by atomic mass is 16.3. The van der Waals surface area contributed by atoms with Gasteiger partial charge in [-0.05, 0) is 38.8 Å². The van der Waals surface area contributed by atoms with Gasteiger partial charge in [0.05, 0.1) is 36.6 Å². The lowest BCUT2D eigenvalue weighted by atomic mass is 9.84. The van der Waals surface area contributed by atoms with E-state index in [4.69, 9.17) is 4.42 Å². The molecule has 1 aliphatic carbocycles. The third-order valence-corrected chi connectivity index (χ3v) is 5.33. The summed E-state index contributed by atoms with van der Waals surface area (Å²) in [5.74, 6) is 1.69. The van der Waals surface area contributed by atoms with E-state index < -0.39 is 0 Å². The van der Waals surface area contributed by atoms with Crippen LogP contribution in [0.2, 0.25) is 0 Å². The van der Waals surface area contributed by atoms with Crippen LogP contribution in [0.5, 0.6) is 0 Å². The first-order chi connectivity index (χ1) is 12.5. The Morgan fingerprint density at radius 2 is 2.08 bits per heavy atom. The number of amides is 2. The van der Waals surface area contributed by atoms with Gasteiger partial charge in [-0.15, -0.1) is 0 Å². The number of carbonyl (C=O) groups is 2. The first kappa shape index (κ1) is 16.9. The smallest absolute Gasteiger partial charge is 0.255 e. The molecule has 138 valence electrons. The number of furan rings is 1. The van der Waals surface area contributed by atoms with Gasteiger partial charge in [0.2, 0.25) is 5.91 Å². The van der Waals surface area contributed by atoms with Crippen molar-refractivity contribution < 1.29 is 14.0 Å². The van der Waals surface area contributed by atoms with Crippen molar-refractivity contribution in [1.82, 2.24) is 20.0 Å². The number of aromatic nitrogens is 2. The first-order valence-corrected chi connectivity index (χ1v) is 9.21. The van der Waals surface area contributed by atoms with Crippen LogP contribution in [0, 0.1) is 19.8 Å². The van der Waals surface area contributed by atoms with Crippen LogP contribution in [0.15, 0.2) is 16.5 Å². The molecule has 2 aromatic heterocycles. The third kappa shape index (κ3) is 3.13. The monoisotopic (exact) mass is 356 g/mol. The lowest BCUT2D eigenvalue weighted by Gasteiger charge is -2.34. The predicted octanol–water partition coefficient (Wildman–Crippen LogP) is 2.17. The van der Waals surface area contributed by atoms with Gasteiger partial charge in [0, 0.05) is 12.5 Å². The molecule has 3 heterocycles. The highest BCUT2D eigenvalue weighted by molar-refractivity contribution is 5.95. The van der Waals surface area contributed by atoms with E-state index in [1.165, 1.54) is 6.42 Å². The number of fused-ring (bicyclic) bond motifs is 1. The van der Waals surface area contributed by atoms with E-state index >= 15 is 0 Å². The van der Waals surface area contributed by atoms with Crippen molar-refractivity contribution in [1.29, 1.82) is 0 Å². The molecule has 0 spiro atoms. The van der Waals surface area contributed by atoms with Crippen LogP contribution in [-0.2, 0) is 24.4 Å². The molecule has 0 radical (unpaired) electrons. The molecular formula is C19H24N4O3. The molecule has 2 aliphatic rings. The standard InChI is InChI=1S/C19H24N4O3/c1-12-8-17(13(2)26-12)18(24)20-10-15-9-16-11-22(6-7-23(16)21-15)19(25)14-4-3-5-14/h8-9,14H,3-7,10-11H2,1-2H3,(H,20,24). The van der Waals surface area contributed by atoms with E-state index in [-0.39, 0.29) is 17.7 Å². The molecule has 1 N–H and O–H groups in total. The molecule has 0 aromatic carbocycles. The largest absolute Gasteiger partial charge is 0.466 e. The average Bonchev–Trinajstić information content (AvgIpc) is 3.12. The van der Waals surface area contributed by atoms with E-state index in [9.17, 15) is 9.59 Å². The first-order valence-electron chi connectivity index (χ1n) is 9.21. The Morgan fingerprint density at radius 3 is 2.73 bits per heavy atom. The van der Waals surface area contributed by atoms with Crippen molar-refractivity contribution >= 4 is 11.8 Å². The van der Waals surface area contributed by atoms with Crippen molar-refractivity contribution in [2.24, 2.45) is 5.92 Å². The molecule has 1 fully saturated rings. The topological polar surface area (TPSA) is 80.4 Å². The van der Waals surface area contributed by atoms with Gasteiger partial charge < -0.3 is 14.6 Å². The fourth-order valence-corrected chi connectivity index (χ4v) is 3.64. The van der Waals surface area contributed by atoms with Crippen molar-refractivity contribution in [3.05, 3.63) is 40.6 Å². The van der Waals surface area contributed by atoms with Crippen molar-refractivity contribution in [3.63, 3.8) is 0 Å². The molecule has 1 saturated carbocycles. The minimum atomic E-state index is -0.160. The maximum Gasteiger partial charge on any atom is 0.255 e. The van der Waals surface area contributed by atoms with Crippen molar-refractivity contribution in [2.45, 2.75) is 52.7 Å². The van der Waals surface area contributed by atoms with E-state index in [1.54, 1.807) is 13.0 Å². The summed E-state index contributed by atoms with van der Waals surface area (Å²) in [7, 11) is 0. The molecule has 4 rings (SSSR count). The fourth-order valence-electron chi connectivity index (χ4n) is 3.64. The Kier molecular flexibility index (Phi) is 4.30. The summed E-state index contributed by atoms with van der Waals surface area (Å²) in [6.45, 7) is 6.00. The van der Waals surface area contributed by atoms with E-state index in [0.717, 1.165) is 30.0 Å². The number of hydrogen-bond acceptors (Lipinski definition) is 4. The molecule has 0 bridgehead atoms. The highest BCUT2D eigenvalue weighted by Gasteiger charge is 2.31. The van der Waals surface area contributed by atoms with Crippen molar-refractivity contribution in [3.8, 4) is 0 Å². The Morgan fingerprint density at radius 1 is 1.27 bits per heavy atom. The summed E-state index contributed by atoms with van der Waals surface area (Å²) in [5.41, 5.74) is 2.40. The second-order valence-electron chi connectivity index (χ2n) is 7.25. The zero-order chi connectivity index (χ0) is 18.3. The molecule has 0 unspecified atom stereocenters. The van der Waals surface area contributed by atoms with Gasteiger partial charge in [-0.2, -0.15) is 5.10 Å². The van der Waals surface area contributed by atoms with Crippen LogP contribution in [0.25, 0.3) is 0 Å². The molecule has 26 heavy (non-hydrogen) atoms. The second-order valence-corrected chi connectivity index (χ2v) is 7.25. The van der Waals surface area contributed by atoms with Crippen molar-refractivity contribution in [2.75, 3.05) is 6.54 Å². The van der Waals surface area contributed by atoms with Gasteiger partial charge >= 0.3 is 0 Å². The minimum Gasteiger partial charge on any atom is -0.466 e. The number of nitrogens with one attached hydrogen (secondary N) is 1. The summed E-state index contributed by atoms with van der Waals surface area (Å²) >= 11 is 0. The van der Waals surface area contributed by atoms with Crippen LogP contribution in [0.1, 0.15) is 52.5 Å². The van der Waals surface area contributed by atoms with E-state index in [0.29, 0.717) is 37.5 Å². The molecule has 7 heteroatoms. The Labute approximate surface area is 152 Å². The Balaban J connectivity index is 1.38. The fraction of sp³-hybridized carbons (Fsp3) is 0.526. The quantitative estimate of drug-likeness (QED) is 0.910. The normalized spacial score (nSPS) is 16.9. The second kappa shape index (κ2) is 6.63. The minimum absolute atomic E-state index is 0.160. The summed E-state index contributed by atoms with van der Waals surface area (Å²) in [6.07, 6.45) is 3.22. The Hall–Kier alpha value is -2.57. The van der Waals surface area contributed by atoms with Crippen LogP contribution in [0.3, 0.4) is 0 Å². The maximum atomic E-state index is 12.4. The van der Waals surface area contributed by atoms with Gasteiger partial charge in [-0.1, -0.05) is 6.42 Å². The van der Waals surface area contributed by atoms with Gasteiger partial charge in [0.1, 0.15) is 11.5 Å². The third-order valence-electron chi connectivity index (χ3n) is 5.33. The van der Waals surface area contributed by atoms with Gasteiger partial charge in [-0.3, -0.25) is 14.3 Å². The summed E-state index contributed by atoms with van der Waals surface area (Å²) in [4.78, 5) is 26.7. The molecule has 0 saturated heterocycles. The molecular weight excluding hydrogens is 332 g/mol. The predicted molar refractivity (Wildman–Crippen MR) is 94.3 cm³/mol. The van der Waals surface area contributed by atoms with Crippen LogP contribution >= 0.6 is 0 Å². The molecule has 7 nitrogen and oxygen atoms in total. The van der Waals surface area contributed by atoms with Crippen LogP contribution in [-0.4, -0.2) is 33.0 Å². The number of nitrogens with zero attached hydrogens (tertiary/aromatic N) is 3. The summed E-state index contributed by atoms with van der Waals surface area (Å²) < 4.78 is 7.35. The van der Waals surface area contributed by atoms with E-state index in [1.807, 2.05) is 22.6 Å². The number of carbonyl (C=O) groups excluding carboxylic acids is 2. The highest BCUT2D eigenvalue weighted by Crippen LogP contribution is 2.29. The lowest BCUT2D eigenvalue weighted by molar-refractivity contribution is -0.139. The zero-order valence-corrected chi connectivity index (χ0v) is 15.2. The average molecular weight is 356 g/mol. The number of rotatable bonds is 4. The lowest BCUT2D eigenvalue weighted by Crippen LogP contribution is -2.43. The van der Waals surface area contributed by atoms with Crippen LogP contribution < -0.4 is 5.32 Å². The SMILES string of the molecule is Cc1cc(C(=O)NCc2cc3n(n2)CCN(C(=O)C2CCC2)C3)c(C)o1. The maximum absolute atomic E-state index is 12.4. The molecule has 0 atom stereocenters. The molecule has 1 aliphatic heterocycles. The summed E-state index contributed by atoms with van der Waals surface area (Å²) in [5, 5.41) is 7.45. The molecule has 2 aromatic rings. The van der Waals surface area contributed by atoms with Gasteiger partial charge in [0.15, 0.2) is 0 Å². The van der Waals surface area contributed by atoms with Crippen LogP contribution in [0.4, 0.5) is 0 Å².